The molecular formula is C12H21N3O2S. The van der Waals surface area contributed by atoms with Crippen molar-refractivity contribution in [2.45, 2.75) is 37.8 Å². The molecule has 0 amide bonds. The first-order valence-corrected chi connectivity index (χ1v) is 7.08. The van der Waals surface area contributed by atoms with Crippen molar-refractivity contribution < 1.29 is 9.47 Å². The van der Waals surface area contributed by atoms with E-state index in [0.717, 1.165) is 43.2 Å². The quantitative estimate of drug-likeness (QED) is 0.618. The number of hydrazine groups is 1. The Balaban J connectivity index is 2.10. The Morgan fingerprint density at radius 2 is 2.33 bits per heavy atom. The molecule has 1 aliphatic rings. The highest BCUT2D eigenvalue weighted by Crippen LogP contribution is 2.30. The van der Waals surface area contributed by atoms with Crippen molar-refractivity contribution >= 4 is 11.3 Å². The van der Waals surface area contributed by atoms with Gasteiger partial charge in [-0.2, -0.15) is 0 Å². The number of ether oxygens (including phenoxy) is 2. The lowest BCUT2D eigenvalue weighted by Crippen LogP contribution is -2.58. The van der Waals surface area contributed by atoms with Crippen molar-refractivity contribution in [1.29, 1.82) is 0 Å². The Labute approximate surface area is 112 Å². The van der Waals surface area contributed by atoms with E-state index < -0.39 is 0 Å². The lowest BCUT2D eigenvalue weighted by atomic mass is 9.84. The third-order valence-corrected chi connectivity index (χ3v) is 4.48. The molecule has 1 aromatic heterocycles. The summed E-state index contributed by atoms with van der Waals surface area (Å²) in [6, 6.07) is 0.0629. The zero-order valence-electron chi connectivity index (χ0n) is 10.9. The van der Waals surface area contributed by atoms with Crippen molar-refractivity contribution in [3.05, 3.63) is 16.1 Å². The SMILES string of the molecule is COC1(C(Cc2csc(C)n2)NN)CCOCC1. The van der Waals surface area contributed by atoms with Crippen LogP contribution in [0.25, 0.3) is 0 Å². The molecule has 18 heavy (non-hydrogen) atoms. The molecule has 1 atom stereocenters. The van der Waals surface area contributed by atoms with Crippen LogP contribution in [0.5, 0.6) is 0 Å². The topological polar surface area (TPSA) is 69.4 Å². The summed E-state index contributed by atoms with van der Waals surface area (Å²) in [7, 11) is 1.75. The van der Waals surface area contributed by atoms with E-state index in [0.29, 0.717) is 0 Å². The smallest absolute Gasteiger partial charge is 0.0897 e. The molecule has 3 N–H and O–H groups in total. The lowest BCUT2D eigenvalue weighted by molar-refractivity contribution is -0.110. The fraction of sp³-hybridized carbons (Fsp3) is 0.750. The van der Waals surface area contributed by atoms with E-state index in [1.54, 1.807) is 18.4 Å². The minimum Gasteiger partial charge on any atom is -0.381 e. The van der Waals surface area contributed by atoms with Crippen LogP contribution in [-0.2, 0) is 15.9 Å². The van der Waals surface area contributed by atoms with Gasteiger partial charge in [-0.05, 0) is 6.92 Å². The molecular weight excluding hydrogens is 250 g/mol. The summed E-state index contributed by atoms with van der Waals surface area (Å²) in [5, 5.41) is 3.17. The number of nitrogens with zero attached hydrogens (tertiary/aromatic N) is 1. The summed E-state index contributed by atoms with van der Waals surface area (Å²) in [6.45, 7) is 3.46. The average Bonchev–Trinajstić information content (AvgIpc) is 2.82. The standard InChI is InChI=1S/C12H21N3O2S/c1-9-14-10(8-18-9)7-11(15-13)12(16-2)3-5-17-6-4-12/h8,11,15H,3-7,13H2,1-2H3. The van der Waals surface area contributed by atoms with E-state index in [2.05, 4.69) is 15.8 Å². The van der Waals surface area contributed by atoms with Gasteiger partial charge >= 0.3 is 0 Å². The second-order valence-corrected chi connectivity index (χ2v) is 5.72. The molecule has 1 unspecified atom stereocenters. The molecule has 1 saturated heterocycles. The van der Waals surface area contributed by atoms with Gasteiger partial charge < -0.3 is 9.47 Å². The Bertz CT molecular complexity index is 377. The van der Waals surface area contributed by atoms with Gasteiger partial charge in [0.25, 0.3) is 0 Å². The summed E-state index contributed by atoms with van der Waals surface area (Å²) < 4.78 is 11.2. The van der Waals surface area contributed by atoms with Gasteiger partial charge in [0, 0.05) is 45.0 Å². The maximum atomic E-state index is 5.76. The van der Waals surface area contributed by atoms with Crippen LogP contribution in [0.15, 0.2) is 5.38 Å². The van der Waals surface area contributed by atoms with E-state index in [9.17, 15) is 0 Å². The zero-order valence-corrected chi connectivity index (χ0v) is 11.8. The number of hydrogen-bond donors (Lipinski definition) is 2. The number of nitrogens with two attached hydrogens (primary N) is 1. The van der Waals surface area contributed by atoms with E-state index in [-0.39, 0.29) is 11.6 Å². The van der Waals surface area contributed by atoms with Crippen molar-refractivity contribution in [3.63, 3.8) is 0 Å². The van der Waals surface area contributed by atoms with Gasteiger partial charge in [0.1, 0.15) is 0 Å². The van der Waals surface area contributed by atoms with E-state index >= 15 is 0 Å². The second-order valence-electron chi connectivity index (χ2n) is 4.66. The van der Waals surface area contributed by atoms with Crippen molar-refractivity contribution in [3.8, 4) is 0 Å². The highest BCUT2D eigenvalue weighted by Gasteiger charge is 2.40. The van der Waals surface area contributed by atoms with Gasteiger partial charge in [0.05, 0.1) is 22.3 Å². The molecule has 1 aliphatic heterocycles. The highest BCUT2D eigenvalue weighted by atomic mass is 32.1. The number of aryl methyl sites for hydroxylation is 1. The summed E-state index contributed by atoms with van der Waals surface area (Å²) >= 11 is 1.66. The van der Waals surface area contributed by atoms with Crippen LogP contribution < -0.4 is 11.3 Å². The van der Waals surface area contributed by atoms with Crippen molar-refractivity contribution in [2.75, 3.05) is 20.3 Å². The average molecular weight is 271 g/mol. The van der Waals surface area contributed by atoms with E-state index in [4.69, 9.17) is 15.3 Å². The number of hydrogen-bond acceptors (Lipinski definition) is 6. The molecule has 6 heteroatoms. The van der Waals surface area contributed by atoms with Crippen LogP contribution in [0.3, 0.4) is 0 Å². The number of nitrogens with one attached hydrogen (secondary N) is 1. The molecule has 0 aromatic carbocycles. The number of thiazole rings is 1. The van der Waals surface area contributed by atoms with E-state index in [1.165, 1.54) is 0 Å². The fourth-order valence-corrected chi connectivity index (χ4v) is 3.15. The van der Waals surface area contributed by atoms with Crippen LogP contribution in [0, 0.1) is 6.92 Å². The molecule has 0 spiro atoms. The highest BCUT2D eigenvalue weighted by molar-refractivity contribution is 7.09. The number of methoxy groups -OCH3 is 1. The van der Waals surface area contributed by atoms with Gasteiger partial charge in [-0.3, -0.25) is 11.3 Å². The zero-order chi connectivity index (χ0) is 13.0. The lowest BCUT2D eigenvalue weighted by Gasteiger charge is -2.41. The predicted octanol–water partition coefficient (Wildman–Crippen LogP) is 1.02. The first-order valence-electron chi connectivity index (χ1n) is 6.20. The van der Waals surface area contributed by atoms with E-state index in [1.807, 2.05) is 6.92 Å². The van der Waals surface area contributed by atoms with Crippen LogP contribution in [-0.4, -0.2) is 37.0 Å². The van der Waals surface area contributed by atoms with Gasteiger partial charge in [-0.25, -0.2) is 4.98 Å². The normalized spacial score (nSPS) is 20.8. The third-order valence-electron chi connectivity index (χ3n) is 3.66. The third kappa shape index (κ3) is 2.89. The van der Waals surface area contributed by atoms with Crippen LogP contribution in [0.1, 0.15) is 23.5 Å². The summed E-state index contributed by atoms with van der Waals surface area (Å²) in [5.74, 6) is 5.72. The van der Waals surface area contributed by atoms with Gasteiger partial charge in [0.2, 0.25) is 0 Å². The summed E-state index contributed by atoms with van der Waals surface area (Å²) in [4.78, 5) is 4.49. The molecule has 0 saturated carbocycles. The Kier molecular flexibility index (Phi) is 4.69. The minimum atomic E-state index is -0.246. The maximum Gasteiger partial charge on any atom is 0.0897 e. The summed E-state index contributed by atoms with van der Waals surface area (Å²) in [6.07, 6.45) is 2.51. The maximum absolute atomic E-state index is 5.76. The predicted molar refractivity (Wildman–Crippen MR) is 71.5 cm³/mol. The van der Waals surface area contributed by atoms with Gasteiger partial charge in [-0.1, -0.05) is 0 Å². The molecule has 1 aromatic rings. The molecule has 0 aliphatic carbocycles. The van der Waals surface area contributed by atoms with Crippen LogP contribution >= 0.6 is 11.3 Å². The number of aromatic nitrogens is 1. The Morgan fingerprint density at radius 1 is 1.61 bits per heavy atom. The van der Waals surface area contributed by atoms with Crippen LogP contribution in [0.2, 0.25) is 0 Å². The largest absolute Gasteiger partial charge is 0.381 e. The van der Waals surface area contributed by atoms with Gasteiger partial charge in [0.15, 0.2) is 0 Å². The molecule has 102 valence electrons. The Morgan fingerprint density at radius 3 is 2.83 bits per heavy atom. The molecule has 2 heterocycles. The van der Waals surface area contributed by atoms with Crippen molar-refractivity contribution in [2.24, 2.45) is 5.84 Å². The Hall–Kier alpha value is -0.530. The fourth-order valence-electron chi connectivity index (χ4n) is 2.52. The second kappa shape index (κ2) is 6.08. The molecule has 0 bridgehead atoms. The van der Waals surface area contributed by atoms with Gasteiger partial charge in [-0.15, -0.1) is 11.3 Å². The molecule has 0 radical (unpaired) electrons. The summed E-state index contributed by atoms with van der Waals surface area (Å²) in [5.41, 5.74) is 3.73. The molecule has 5 nitrogen and oxygen atoms in total. The monoisotopic (exact) mass is 271 g/mol. The van der Waals surface area contributed by atoms with Crippen LogP contribution in [0.4, 0.5) is 0 Å². The minimum absolute atomic E-state index is 0.0629. The molecule has 2 rings (SSSR count). The first kappa shape index (κ1) is 13.9. The van der Waals surface area contributed by atoms with Crippen molar-refractivity contribution in [1.82, 2.24) is 10.4 Å². The first-order chi connectivity index (χ1) is 8.70. The number of rotatable bonds is 5. The molecule has 1 fully saturated rings.